The molecule has 1 aliphatic heterocycles. The van der Waals surface area contributed by atoms with Crippen molar-refractivity contribution in [2.75, 3.05) is 125 Å². The van der Waals surface area contributed by atoms with Crippen LogP contribution in [0.5, 0.6) is 0 Å². The van der Waals surface area contributed by atoms with Gasteiger partial charge in [0.05, 0.1) is 118 Å². The molecule has 1 aromatic rings. The second-order valence-corrected chi connectivity index (χ2v) is 13.2. The number of nitrogens with one attached hydrogen (secondary N) is 1. The lowest BCUT2D eigenvalue weighted by Crippen LogP contribution is -2.38. The van der Waals surface area contributed by atoms with Crippen LogP contribution in [0.15, 0.2) is 18.3 Å². The Balaban J connectivity index is 0.990. The highest BCUT2D eigenvalue weighted by molar-refractivity contribution is 6.12. The van der Waals surface area contributed by atoms with E-state index >= 15 is 0 Å². The lowest BCUT2D eigenvalue weighted by Gasteiger charge is -2.29. The van der Waals surface area contributed by atoms with Gasteiger partial charge in [-0.3, -0.25) is 24.1 Å². The number of ketones is 1. The first kappa shape index (κ1) is 47.2. The molecule has 18 nitrogen and oxygen atoms in total. The Hall–Kier alpha value is -3.20. The van der Waals surface area contributed by atoms with E-state index in [4.69, 9.17) is 42.6 Å². The van der Waals surface area contributed by atoms with Crippen LogP contribution in [0.1, 0.15) is 51.1 Å². The topological polar surface area (TPSA) is 197 Å². The maximum absolute atomic E-state index is 12.7. The third kappa shape index (κ3) is 21.9. The third-order valence-corrected chi connectivity index (χ3v) is 8.87. The number of carbonyl (C=O) groups excluding carboxylic acids is 4. The van der Waals surface area contributed by atoms with E-state index in [0.717, 1.165) is 25.7 Å². The first-order valence-electron chi connectivity index (χ1n) is 19.9. The van der Waals surface area contributed by atoms with Crippen molar-refractivity contribution < 1.29 is 61.8 Å². The summed E-state index contributed by atoms with van der Waals surface area (Å²) in [6.07, 6.45) is 8.63. The van der Waals surface area contributed by atoms with Crippen molar-refractivity contribution >= 4 is 23.5 Å². The lowest BCUT2D eigenvalue weighted by molar-refractivity contribution is -0.138. The van der Waals surface area contributed by atoms with Crippen molar-refractivity contribution in [2.45, 2.75) is 58.5 Å². The van der Waals surface area contributed by atoms with Crippen molar-refractivity contribution in [1.82, 2.24) is 25.2 Å². The van der Waals surface area contributed by atoms with Gasteiger partial charge in [0.2, 0.25) is 5.91 Å². The molecule has 1 aromatic heterocycles. The van der Waals surface area contributed by atoms with Gasteiger partial charge in [-0.05, 0) is 44.9 Å². The molecule has 1 aliphatic carbocycles. The monoisotopic (exact) mass is 797 g/mol. The maximum atomic E-state index is 12.7. The van der Waals surface area contributed by atoms with Gasteiger partial charge in [-0.2, -0.15) is 0 Å². The van der Waals surface area contributed by atoms with Crippen molar-refractivity contribution in [3.63, 3.8) is 0 Å². The molecule has 2 aliphatic rings. The molecule has 0 bridgehead atoms. The number of Topliss-reactive ketones (excluding diaryl/α,β-unsaturated/α-hetero) is 1. The number of nitrogens with zero attached hydrogens (tertiary/aromatic N) is 4. The van der Waals surface area contributed by atoms with E-state index in [1.165, 1.54) is 17.1 Å². The Morgan fingerprint density at radius 1 is 0.679 bits per heavy atom. The van der Waals surface area contributed by atoms with Crippen molar-refractivity contribution in [2.24, 2.45) is 11.8 Å². The van der Waals surface area contributed by atoms with Gasteiger partial charge >= 0.3 is 0 Å². The van der Waals surface area contributed by atoms with Crippen LogP contribution in [-0.4, -0.2) is 169 Å². The van der Waals surface area contributed by atoms with E-state index < -0.39 is 0 Å². The molecule has 0 aromatic carbocycles. The summed E-state index contributed by atoms with van der Waals surface area (Å²) in [5, 5.41) is 11.2. The summed E-state index contributed by atoms with van der Waals surface area (Å²) in [6, 6.07) is 0. The van der Waals surface area contributed by atoms with E-state index in [1.54, 1.807) is 10.9 Å². The summed E-state index contributed by atoms with van der Waals surface area (Å²) in [5.41, 5.74) is 0.670. The summed E-state index contributed by atoms with van der Waals surface area (Å²) < 4.78 is 50.8. The van der Waals surface area contributed by atoms with Gasteiger partial charge in [-0.1, -0.05) is 5.21 Å². The van der Waals surface area contributed by atoms with E-state index in [-0.39, 0.29) is 41.9 Å². The van der Waals surface area contributed by atoms with Crippen LogP contribution in [0.4, 0.5) is 0 Å². The zero-order chi connectivity index (χ0) is 39.9. The van der Waals surface area contributed by atoms with Gasteiger partial charge in [0, 0.05) is 44.2 Å². The molecule has 56 heavy (non-hydrogen) atoms. The highest BCUT2D eigenvalue weighted by Gasteiger charge is 2.31. The summed E-state index contributed by atoms with van der Waals surface area (Å²) in [7, 11) is 0. The molecular formula is C38H63N5O13. The molecule has 0 spiro atoms. The summed E-state index contributed by atoms with van der Waals surface area (Å²) in [6.45, 7) is 11.4. The van der Waals surface area contributed by atoms with Gasteiger partial charge in [0.15, 0.2) is 5.78 Å². The summed E-state index contributed by atoms with van der Waals surface area (Å²) in [5.74, 6) is -0.275. The van der Waals surface area contributed by atoms with E-state index in [0.29, 0.717) is 150 Å². The standard InChI is InChI=1S/C38H63N5O13/c1-2-48-31-35(44)4-3-12-49-14-16-51-18-20-53-22-24-55-26-27-56-25-23-54-21-19-52-17-15-50-13-11-42-30-34(40-41-42)28-39-38(47)33-7-5-32(6-8-33)29-43-36(45)9-10-37(43)46/h9-10,30,32-33H,2-8,11-29,31H2,1H3,(H,39,47). The van der Waals surface area contributed by atoms with Crippen molar-refractivity contribution in [3.05, 3.63) is 24.0 Å². The van der Waals surface area contributed by atoms with Gasteiger partial charge in [0.25, 0.3) is 11.8 Å². The first-order chi connectivity index (χ1) is 27.5. The Morgan fingerprint density at radius 2 is 1.16 bits per heavy atom. The van der Waals surface area contributed by atoms with Crippen LogP contribution in [0, 0.1) is 11.8 Å². The highest BCUT2D eigenvalue weighted by atomic mass is 16.6. The molecular weight excluding hydrogens is 734 g/mol. The van der Waals surface area contributed by atoms with E-state index in [2.05, 4.69) is 15.6 Å². The number of amides is 3. The SMILES string of the molecule is CCOCC(=O)CCCOCCOCCOCCOCCOCCOCCOCCOCCn1cc(CNC(=O)C2CCC(CN3C(=O)C=CC3=O)CC2)nn1. The summed E-state index contributed by atoms with van der Waals surface area (Å²) >= 11 is 0. The summed E-state index contributed by atoms with van der Waals surface area (Å²) in [4.78, 5) is 49.1. The van der Waals surface area contributed by atoms with Gasteiger partial charge in [-0.25, -0.2) is 4.68 Å². The average molecular weight is 798 g/mol. The first-order valence-corrected chi connectivity index (χ1v) is 19.9. The predicted molar refractivity (Wildman–Crippen MR) is 200 cm³/mol. The minimum Gasteiger partial charge on any atom is -0.379 e. The number of hydrogen-bond donors (Lipinski definition) is 1. The minimum atomic E-state index is -0.255. The van der Waals surface area contributed by atoms with Crippen LogP contribution in [-0.2, 0) is 74.9 Å². The number of carbonyl (C=O) groups is 4. The largest absolute Gasteiger partial charge is 0.379 e. The van der Waals surface area contributed by atoms with Crippen LogP contribution in [0.2, 0.25) is 0 Å². The maximum Gasteiger partial charge on any atom is 0.253 e. The van der Waals surface area contributed by atoms with Gasteiger partial charge < -0.3 is 47.9 Å². The Morgan fingerprint density at radius 3 is 1.66 bits per heavy atom. The number of ether oxygens (including phenoxy) is 9. The van der Waals surface area contributed by atoms with Crippen LogP contribution < -0.4 is 5.32 Å². The number of aromatic nitrogens is 3. The molecule has 318 valence electrons. The number of rotatable bonds is 36. The zero-order valence-electron chi connectivity index (χ0n) is 33.1. The fourth-order valence-corrected chi connectivity index (χ4v) is 5.79. The fraction of sp³-hybridized carbons (Fsp3) is 0.789. The van der Waals surface area contributed by atoms with E-state index in [9.17, 15) is 19.2 Å². The van der Waals surface area contributed by atoms with Crippen molar-refractivity contribution in [1.29, 1.82) is 0 Å². The van der Waals surface area contributed by atoms with Gasteiger partial charge in [-0.15, -0.1) is 5.10 Å². The molecule has 1 saturated carbocycles. The third-order valence-electron chi connectivity index (χ3n) is 8.87. The molecule has 18 heteroatoms. The van der Waals surface area contributed by atoms with Gasteiger partial charge in [0.1, 0.15) is 12.3 Å². The second kappa shape index (κ2) is 30.9. The molecule has 1 N–H and O–H groups in total. The Bertz CT molecular complexity index is 1240. The molecule has 0 radical (unpaired) electrons. The quantitative estimate of drug-likeness (QED) is 0.0749. The predicted octanol–water partition coefficient (Wildman–Crippen LogP) is 1.14. The van der Waals surface area contributed by atoms with Crippen LogP contribution >= 0.6 is 0 Å². The highest BCUT2D eigenvalue weighted by Crippen LogP contribution is 2.30. The Kier molecular flexibility index (Phi) is 26.0. The minimum absolute atomic E-state index is 0.00874. The van der Waals surface area contributed by atoms with Crippen LogP contribution in [0.3, 0.4) is 0 Å². The molecule has 0 atom stereocenters. The second-order valence-electron chi connectivity index (χ2n) is 13.2. The molecule has 0 unspecified atom stereocenters. The molecule has 2 heterocycles. The molecule has 3 amide bonds. The normalized spacial score (nSPS) is 17.0. The molecule has 3 rings (SSSR count). The van der Waals surface area contributed by atoms with E-state index in [1.807, 2.05) is 6.92 Å². The zero-order valence-corrected chi connectivity index (χ0v) is 33.1. The number of hydrogen-bond acceptors (Lipinski definition) is 15. The van der Waals surface area contributed by atoms with Crippen molar-refractivity contribution in [3.8, 4) is 0 Å². The Labute approximate surface area is 330 Å². The smallest absolute Gasteiger partial charge is 0.253 e. The fourth-order valence-electron chi connectivity index (χ4n) is 5.79. The number of imide groups is 1. The van der Waals surface area contributed by atoms with Crippen LogP contribution in [0.25, 0.3) is 0 Å². The molecule has 0 saturated heterocycles. The lowest BCUT2D eigenvalue weighted by atomic mass is 9.81. The molecule has 1 fully saturated rings. The average Bonchev–Trinajstić information content (AvgIpc) is 3.80.